The van der Waals surface area contributed by atoms with Gasteiger partial charge in [0.1, 0.15) is 39.8 Å². The zero-order valence-corrected chi connectivity index (χ0v) is 32.4. The molecule has 0 spiro atoms. The summed E-state index contributed by atoms with van der Waals surface area (Å²) in [5.74, 6) is 1.22. The van der Waals surface area contributed by atoms with Gasteiger partial charge in [-0.3, -0.25) is 14.4 Å². The van der Waals surface area contributed by atoms with E-state index >= 15 is 0 Å². The Morgan fingerprint density at radius 3 is 2.44 bits per heavy atom. The number of benzene rings is 2. The summed E-state index contributed by atoms with van der Waals surface area (Å²) in [4.78, 5) is 52.2. The fraction of sp³-hybridized carbons (Fsp3) is 0.581. The Morgan fingerprint density at radius 1 is 0.962 bits per heavy atom. The molecule has 1 saturated carbocycles. The van der Waals surface area contributed by atoms with Crippen LogP contribution in [0.25, 0.3) is 11.0 Å². The molecule has 9 nitrogen and oxygen atoms in total. The van der Waals surface area contributed by atoms with Gasteiger partial charge in [-0.25, -0.2) is 4.79 Å². The van der Waals surface area contributed by atoms with E-state index in [0.717, 1.165) is 36.1 Å². The molecule has 282 valence electrons. The number of amides is 1. The second-order valence-electron chi connectivity index (χ2n) is 16.6. The Bertz CT molecular complexity index is 1850. The van der Waals surface area contributed by atoms with Crippen LogP contribution < -0.4 is 25.2 Å². The lowest BCUT2D eigenvalue weighted by molar-refractivity contribution is -0.144. The van der Waals surface area contributed by atoms with Crippen molar-refractivity contribution in [3.8, 4) is 17.2 Å². The Kier molecular flexibility index (Phi) is 11.9. The molecule has 2 unspecified atom stereocenters. The largest absolute Gasteiger partial charge is 0.497 e. The quantitative estimate of drug-likeness (QED) is 0.0716. The van der Waals surface area contributed by atoms with Gasteiger partial charge in [0.25, 0.3) is 5.91 Å². The van der Waals surface area contributed by atoms with E-state index < -0.39 is 22.5 Å². The number of carbonyl (C=O) groups excluding carboxylic acids is 3. The molecule has 0 radical (unpaired) electrons. The number of hydrogen-bond donors (Lipinski definition) is 1. The van der Waals surface area contributed by atoms with Gasteiger partial charge in [0, 0.05) is 48.2 Å². The lowest BCUT2D eigenvalue weighted by Gasteiger charge is -2.47. The van der Waals surface area contributed by atoms with Crippen LogP contribution in [-0.2, 0) is 15.0 Å². The average Bonchev–Trinajstić information content (AvgIpc) is 3.08. The van der Waals surface area contributed by atoms with Gasteiger partial charge in [0.15, 0.2) is 0 Å². The third kappa shape index (κ3) is 8.72. The number of ketones is 1. The van der Waals surface area contributed by atoms with Crippen molar-refractivity contribution in [1.29, 1.82) is 0 Å². The number of rotatable bonds is 15. The van der Waals surface area contributed by atoms with Crippen molar-refractivity contribution in [2.24, 2.45) is 11.3 Å². The fourth-order valence-corrected chi connectivity index (χ4v) is 7.87. The summed E-state index contributed by atoms with van der Waals surface area (Å²) in [5.41, 5.74) is 0.0265. The first-order chi connectivity index (χ1) is 24.6. The maximum atomic E-state index is 14.0. The summed E-state index contributed by atoms with van der Waals surface area (Å²) in [5, 5.41) is 3.43. The molecule has 3 aromatic rings. The topological polar surface area (TPSA) is 121 Å². The van der Waals surface area contributed by atoms with Gasteiger partial charge in [0.2, 0.25) is 0 Å². The van der Waals surface area contributed by atoms with Crippen LogP contribution in [0.4, 0.5) is 0 Å². The maximum Gasteiger partial charge on any atom is 0.349 e. The highest BCUT2D eigenvalue weighted by Crippen LogP contribution is 2.55. The molecule has 1 amide bonds. The summed E-state index contributed by atoms with van der Waals surface area (Å²) in [6.45, 7) is 15.0. The molecule has 0 saturated heterocycles. The zero-order valence-electron chi connectivity index (χ0n) is 32.4. The standard InChI is InChI=1S/C43H57NO8/c1-9-10-11-12-19-41(2,3)28-23-35(37-31-25-29(45)16-18-33(31)43(6,7)52-36(37)24-28)51-40(48)42(4,5)20-13-14-21-44-38(46)32-22-27-15-17-30(49-8)26-34(27)50-39(32)47/h15,17,22-24,26,31,33H,9-14,16,18-21,25H2,1-8H3,(H,44,46). The third-order valence-electron chi connectivity index (χ3n) is 11.3. The van der Waals surface area contributed by atoms with Gasteiger partial charge in [-0.05, 0) is 94.7 Å². The lowest BCUT2D eigenvalue weighted by Crippen LogP contribution is -2.47. The van der Waals surface area contributed by atoms with Crippen LogP contribution >= 0.6 is 0 Å². The van der Waals surface area contributed by atoms with E-state index in [9.17, 15) is 19.2 Å². The van der Waals surface area contributed by atoms with Crippen LogP contribution in [-0.4, -0.2) is 36.9 Å². The fourth-order valence-electron chi connectivity index (χ4n) is 7.87. The average molecular weight is 716 g/mol. The van der Waals surface area contributed by atoms with E-state index in [1.807, 2.05) is 19.9 Å². The lowest BCUT2D eigenvalue weighted by atomic mass is 9.66. The number of ether oxygens (including phenoxy) is 3. The van der Waals surface area contributed by atoms with E-state index in [1.165, 1.54) is 32.4 Å². The predicted octanol–water partition coefficient (Wildman–Crippen LogP) is 9.21. The molecule has 1 aromatic heterocycles. The van der Waals surface area contributed by atoms with E-state index in [4.69, 9.17) is 18.6 Å². The highest BCUT2D eigenvalue weighted by molar-refractivity contribution is 5.96. The normalized spacial score (nSPS) is 18.3. The number of Topliss-reactive ketones (excluding diaryl/α,β-unsaturated/α-hetero) is 1. The number of hydrogen-bond acceptors (Lipinski definition) is 8. The van der Waals surface area contributed by atoms with Crippen molar-refractivity contribution in [2.45, 2.75) is 136 Å². The van der Waals surface area contributed by atoms with Crippen LogP contribution in [0.15, 0.2) is 45.6 Å². The van der Waals surface area contributed by atoms with Crippen molar-refractivity contribution in [2.75, 3.05) is 13.7 Å². The summed E-state index contributed by atoms with van der Waals surface area (Å²) in [6, 6.07) is 10.8. The Morgan fingerprint density at radius 2 is 1.71 bits per heavy atom. The van der Waals surface area contributed by atoms with Gasteiger partial charge in [-0.15, -0.1) is 0 Å². The van der Waals surface area contributed by atoms with Crippen LogP contribution in [0.1, 0.15) is 146 Å². The van der Waals surface area contributed by atoms with E-state index in [0.29, 0.717) is 61.1 Å². The van der Waals surface area contributed by atoms with Crippen molar-refractivity contribution in [1.82, 2.24) is 5.32 Å². The molecule has 9 heteroatoms. The van der Waals surface area contributed by atoms with Gasteiger partial charge >= 0.3 is 11.6 Å². The molecular weight excluding hydrogens is 658 g/mol. The summed E-state index contributed by atoms with van der Waals surface area (Å²) in [6.07, 6.45) is 9.14. The van der Waals surface area contributed by atoms with Crippen molar-refractivity contribution >= 4 is 28.6 Å². The molecule has 5 rings (SSSR count). The molecule has 2 heterocycles. The van der Waals surface area contributed by atoms with Crippen molar-refractivity contribution in [3.63, 3.8) is 0 Å². The van der Waals surface area contributed by atoms with Crippen molar-refractivity contribution in [3.05, 3.63) is 63.5 Å². The van der Waals surface area contributed by atoms with Crippen molar-refractivity contribution < 1.29 is 33.0 Å². The number of methoxy groups -OCH3 is 1. The summed E-state index contributed by atoms with van der Waals surface area (Å²) >= 11 is 0. The molecule has 2 aliphatic rings. The maximum absolute atomic E-state index is 14.0. The smallest absolute Gasteiger partial charge is 0.349 e. The predicted molar refractivity (Wildman–Crippen MR) is 203 cm³/mol. The van der Waals surface area contributed by atoms with Crippen LogP contribution in [0.5, 0.6) is 17.2 Å². The minimum atomic E-state index is -0.820. The Labute approximate surface area is 308 Å². The molecule has 0 bridgehead atoms. The monoisotopic (exact) mass is 715 g/mol. The number of carbonyl (C=O) groups is 3. The second kappa shape index (κ2) is 15.8. The number of nitrogens with one attached hydrogen (secondary N) is 1. The molecule has 52 heavy (non-hydrogen) atoms. The van der Waals surface area contributed by atoms with E-state index in [2.05, 4.69) is 46.0 Å². The number of fused-ring (bicyclic) bond motifs is 4. The van der Waals surface area contributed by atoms with Crippen LogP contribution in [0.3, 0.4) is 0 Å². The first-order valence-electron chi connectivity index (χ1n) is 19.1. The Hall–Kier alpha value is -4.14. The van der Waals surface area contributed by atoms with Crippen LogP contribution in [0, 0.1) is 11.3 Å². The first-order valence-corrected chi connectivity index (χ1v) is 19.1. The minimum Gasteiger partial charge on any atom is -0.497 e. The minimum absolute atomic E-state index is 0.0643. The zero-order chi connectivity index (χ0) is 37.8. The van der Waals surface area contributed by atoms with Gasteiger partial charge in [-0.1, -0.05) is 52.9 Å². The summed E-state index contributed by atoms with van der Waals surface area (Å²) < 4.78 is 23.6. The third-order valence-corrected chi connectivity index (χ3v) is 11.3. The molecule has 2 atom stereocenters. The summed E-state index contributed by atoms with van der Waals surface area (Å²) in [7, 11) is 1.53. The molecule has 2 aromatic carbocycles. The van der Waals surface area contributed by atoms with Crippen LogP contribution in [0.2, 0.25) is 0 Å². The van der Waals surface area contributed by atoms with Gasteiger partial charge < -0.3 is 23.9 Å². The number of unbranched alkanes of at least 4 members (excludes halogenated alkanes) is 4. The highest BCUT2D eigenvalue weighted by Gasteiger charge is 2.48. The number of esters is 1. The highest BCUT2D eigenvalue weighted by atomic mass is 16.5. The molecule has 1 aliphatic carbocycles. The van der Waals surface area contributed by atoms with E-state index in [1.54, 1.807) is 18.2 Å². The van der Waals surface area contributed by atoms with E-state index in [-0.39, 0.29) is 34.6 Å². The van der Waals surface area contributed by atoms with Gasteiger partial charge in [0.05, 0.1) is 12.5 Å². The second-order valence-corrected chi connectivity index (χ2v) is 16.6. The Balaban J connectivity index is 1.28. The SMILES string of the molecule is CCCCCCC(C)(C)c1cc(OC(=O)C(C)(C)CCCCNC(=O)c2cc3ccc(OC)cc3oc2=O)c2c(c1)OC(C)(C)C1CCC(=O)CC21. The molecule has 1 N–H and O–H groups in total. The first kappa shape index (κ1) is 39.1. The van der Waals surface area contributed by atoms with Gasteiger partial charge in [-0.2, -0.15) is 0 Å². The molecule has 1 fully saturated rings. The molecular formula is C43H57NO8. The molecule has 1 aliphatic heterocycles.